The molecule has 0 bridgehead atoms. The van der Waals surface area contributed by atoms with Gasteiger partial charge in [-0.1, -0.05) is 30.3 Å². The Morgan fingerprint density at radius 3 is 2.27 bits per heavy atom. The van der Waals surface area contributed by atoms with Crippen LogP contribution in [0.3, 0.4) is 0 Å². The lowest BCUT2D eigenvalue weighted by Crippen LogP contribution is -1.95. The van der Waals surface area contributed by atoms with Crippen molar-refractivity contribution >= 4 is 10.9 Å². The highest BCUT2D eigenvalue weighted by atomic mass is 15.3. The number of aromatic nitrogens is 4. The molecule has 0 fully saturated rings. The second kappa shape index (κ2) is 4.84. The van der Waals surface area contributed by atoms with E-state index in [1.54, 1.807) is 0 Å². The summed E-state index contributed by atoms with van der Waals surface area (Å²) in [7, 11) is 4.06. The van der Waals surface area contributed by atoms with Crippen molar-refractivity contribution in [2.45, 2.75) is 0 Å². The van der Waals surface area contributed by atoms with Gasteiger partial charge < -0.3 is 9.13 Å². The largest absolute Gasteiger partial charge is 0.351 e. The Labute approximate surface area is 128 Å². The molecule has 4 rings (SSSR count). The second-order valence-corrected chi connectivity index (χ2v) is 5.47. The zero-order valence-electron chi connectivity index (χ0n) is 12.6. The monoisotopic (exact) mass is 288 g/mol. The summed E-state index contributed by atoms with van der Waals surface area (Å²) in [6.45, 7) is 0. The number of hydrogen-bond donors (Lipinski definition) is 0. The van der Waals surface area contributed by atoms with E-state index in [1.165, 1.54) is 10.9 Å². The molecule has 0 unspecified atom stereocenters. The van der Waals surface area contributed by atoms with E-state index in [0.717, 1.165) is 22.8 Å². The van der Waals surface area contributed by atoms with Gasteiger partial charge >= 0.3 is 0 Å². The molecule has 0 amide bonds. The van der Waals surface area contributed by atoms with Crippen molar-refractivity contribution in [3.8, 4) is 22.8 Å². The number of aryl methyl sites for hydroxylation is 1. The summed E-state index contributed by atoms with van der Waals surface area (Å²) < 4.78 is 4.16. The maximum absolute atomic E-state index is 4.38. The summed E-state index contributed by atoms with van der Waals surface area (Å²) in [5.41, 5.74) is 3.37. The molecule has 0 N–H and O–H groups in total. The number of rotatable bonds is 2. The lowest BCUT2D eigenvalue weighted by atomic mass is 10.1. The summed E-state index contributed by atoms with van der Waals surface area (Å²) in [4.78, 5) is 0. The van der Waals surface area contributed by atoms with E-state index in [2.05, 4.69) is 52.3 Å². The fourth-order valence-electron chi connectivity index (χ4n) is 2.84. The van der Waals surface area contributed by atoms with Gasteiger partial charge in [0.25, 0.3) is 0 Å². The summed E-state index contributed by atoms with van der Waals surface area (Å²) in [5.74, 6) is 1.76. The molecule has 0 aliphatic rings. The molecule has 108 valence electrons. The number of nitrogens with zero attached hydrogens (tertiary/aromatic N) is 4. The van der Waals surface area contributed by atoms with Crippen LogP contribution in [0, 0.1) is 0 Å². The van der Waals surface area contributed by atoms with Crippen molar-refractivity contribution in [3.63, 3.8) is 0 Å². The summed E-state index contributed by atoms with van der Waals surface area (Å²) in [6, 6.07) is 18.6. The summed E-state index contributed by atoms with van der Waals surface area (Å²) >= 11 is 0. The zero-order valence-corrected chi connectivity index (χ0v) is 12.6. The molecule has 0 saturated heterocycles. The van der Waals surface area contributed by atoms with Gasteiger partial charge in [-0.25, -0.2) is 0 Å². The molecule has 22 heavy (non-hydrogen) atoms. The maximum atomic E-state index is 4.38. The van der Waals surface area contributed by atoms with Crippen LogP contribution < -0.4 is 0 Å². The molecule has 0 aliphatic carbocycles. The van der Waals surface area contributed by atoms with Crippen LogP contribution in [0.25, 0.3) is 33.7 Å². The van der Waals surface area contributed by atoms with Crippen molar-refractivity contribution in [1.82, 2.24) is 19.3 Å². The van der Waals surface area contributed by atoms with Crippen LogP contribution in [-0.4, -0.2) is 19.3 Å². The molecule has 2 aromatic heterocycles. The van der Waals surface area contributed by atoms with Gasteiger partial charge in [-0.3, -0.25) is 0 Å². The molecule has 4 aromatic rings. The van der Waals surface area contributed by atoms with E-state index < -0.39 is 0 Å². The van der Waals surface area contributed by atoms with Crippen LogP contribution in [0.1, 0.15) is 0 Å². The smallest absolute Gasteiger partial charge is 0.163 e. The van der Waals surface area contributed by atoms with Crippen molar-refractivity contribution in [2.24, 2.45) is 14.1 Å². The number of fused-ring (bicyclic) bond motifs is 1. The Bertz CT molecular complexity index is 948. The zero-order chi connectivity index (χ0) is 15.1. The van der Waals surface area contributed by atoms with Gasteiger partial charge in [-0.2, -0.15) is 0 Å². The van der Waals surface area contributed by atoms with E-state index in [9.17, 15) is 0 Å². The average molecular weight is 288 g/mol. The molecule has 0 saturated carbocycles. The van der Waals surface area contributed by atoms with Crippen molar-refractivity contribution < 1.29 is 0 Å². The van der Waals surface area contributed by atoms with Crippen LogP contribution in [0.15, 0.2) is 60.8 Å². The predicted octanol–water partition coefficient (Wildman–Crippen LogP) is 3.64. The molecular formula is C18H16N4. The molecule has 4 nitrogen and oxygen atoms in total. The molecule has 2 heterocycles. The van der Waals surface area contributed by atoms with Crippen LogP contribution in [-0.2, 0) is 14.1 Å². The first-order valence-electron chi connectivity index (χ1n) is 7.24. The maximum Gasteiger partial charge on any atom is 0.163 e. The second-order valence-electron chi connectivity index (χ2n) is 5.47. The van der Waals surface area contributed by atoms with Crippen molar-refractivity contribution in [1.29, 1.82) is 0 Å². The fourth-order valence-corrected chi connectivity index (χ4v) is 2.84. The minimum atomic E-state index is 0.878. The van der Waals surface area contributed by atoms with E-state index in [0.29, 0.717) is 0 Å². The third-order valence-corrected chi connectivity index (χ3v) is 4.05. The lowest BCUT2D eigenvalue weighted by Gasteiger charge is -2.05. The Morgan fingerprint density at radius 1 is 0.773 bits per heavy atom. The summed E-state index contributed by atoms with van der Waals surface area (Å²) in [5, 5.41) is 9.95. The van der Waals surface area contributed by atoms with Crippen LogP contribution in [0.2, 0.25) is 0 Å². The highest BCUT2D eigenvalue weighted by molar-refractivity contribution is 5.84. The lowest BCUT2D eigenvalue weighted by molar-refractivity contribution is 0.930. The van der Waals surface area contributed by atoms with E-state index in [1.807, 2.05) is 41.9 Å². The quantitative estimate of drug-likeness (QED) is 0.564. The standard InChI is InChI=1S/C18H16N4/c1-21-11-10-14-12-15(8-9-16(14)21)18-20-19-17(22(18)2)13-6-4-3-5-7-13/h3-12H,1-2H3. The van der Waals surface area contributed by atoms with Crippen LogP contribution in [0.5, 0.6) is 0 Å². The predicted molar refractivity (Wildman–Crippen MR) is 88.4 cm³/mol. The molecule has 4 heteroatoms. The van der Waals surface area contributed by atoms with Crippen LogP contribution >= 0.6 is 0 Å². The molecule has 0 atom stereocenters. The van der Waals surface area contributed by atoms with Gasteiger partial charge in [-0.05, 0) is 24.3 Å². The van der Waals surface area contributed by atoms with Gasteiger partial charge in [0.05, 0.1) is 0 Å². The highest BCUT2D eigenvalue weighted by Crippen LogP contribution is 2.26. The van der Waals surface area contributed by atoms with Crippen LogP contribution in [0.4, 0.5) is 0 Å². The minimum absolute atomic E-state index is 0.878. The molecule has 2 aromatic carbocycles. The van der Waals surface area contributed by atoms with Crippen molar-refractivity contribution in [3.05, 3.63) is 60.8 Å². The minimum Gasteiger partial charge on any atom is -0.351 e. The third-order valence-electron chi connectivity index (χ3n) is 4.05. The Kier molecular flexibility index (Phi) is 2.82. The molecule has 0 aliphatic heterocycles. The molecule has 0 radical (unpaired) electrons. The Morgan fingerprint density at radius 2 is 1.50 bits per heavy atom. The highest BCUT2D eigenvalue weighted by Gasteiger charge is 2.12. The SMILES string of the molecule is Cn1c(-c2ccccc2)nnc1-c1ccc2c(ccn2C)c1. The fraction of sp³-hybridized carbons (Fsp3) is 0.111. The normalized spacial score (nSPS) is 11.2. The van der Waals surface area contributed by atoms with Gasteiger partial charge in [-0.15, -0.1) is 10.2 Å². The first kappa shape index (κ1) is 12.8. The van der Waals surface area contributed by atoms with Gasteiger partial charge in [0.2, 0.25) is 0 Å². The van der Waals surface area contributed by atoms with E-state index in [-0.39, 0.29) is 0 Å². The molecule has 0 spiro atoms. The summed E-state index contributed by atoms with van der Waals surface area (Å²) in [6.07, 6.45) is 2.07. The Hall–Kier alpha value is -2.88. The van der Waals surface area contributed by atoms with Gasteiger partial charge in [0.1, 0.15) is 0 Å². The van der Waals surface area contributed by atoms with Crippen molar-refractivity contribution in [2.75, 3.05) is 0 Å². The first-order chi connectivity index (χ1) is 10.7. The van der Waals surface area contributed by atoms with Gasteiger partial charge in [0, 0.05) is 42.3 Å². The molecular weight excluding hydrogens is 272 g/mol. The number of benzene rings is 2. The average Bonchev–Trinajstić information content (AvgIpc) is 3.11. The topological polar surface area (TPSA) is 35.6 Å². The number of hydrogen-bond acceptors (Lipinski definition) is 2. The van der Waals surface area contributed by atoms with E-state index >= 15 is 0 Å². The first-order valence-corrected chi connectivity index (χ1v) is 7.24. The van der Waals surface area contributed by atoms with E-state index in [4.69, 9.17) is 0 Å². The van der Waals surface area contributed by atoms with Gasteiger partial charge in [0.15, 0.2) is 11.6 Å². The third kappa shape index (κ3) is 1.92. The Balaban J connectivity index is 1.83.